The molecule has 0 atom stereocenters. The normalized spacial score (nSPS) is 10.1. The number of aryl methyl sites for hydroxylation is 1. The van der Waals surface area contributed by atoms with Gasteiger partial charge in [-0.2, -0.15) is 0 Å². The van der Waals surface area contributed by atoms with Gasteiger partial charge in [-0.25, -0.2) is 4.98 Å². The predicted octanol–water partition coefficient (Wildman–Crippen LogP) is -0.191. The number of aromatic nitrogens is 2. The van der Waals surface area contributed by atoms with Gasteiger partial charge in [-0.05, 0) is 6.42 Å². The highest BCUT2D eigenvalue weighted by Crippen LogP contribution is 1.94. The molecule has 1 amide bonds. The van der Waals surface area contributed by atoms with E-state index in [-0.39, 0.29) is 12.5 Å². The van der Waals surface area contributed by atoms with Crippen LogP contribution in [0.3, 0.4) is 0 Å². The van der Waals surface area contributed by atoms with Crippen molar-refractivity contribution in [2.24, 2.45) is 7.05 Å². The first-order chi connectivity index (χ1) is 6.74. The summed E-state index contributed by atoms with van der Waals surface area (Å²) in [5.41, 5.74) is 0. The van der Waals surface area contributed by atoms with Gasteiger partial charge in [0.05, 0.1) is 6.54 Å². The Morgan fingerprint density at radius 1 is 1.71 bits per heavy atom. The maximum Gasteiger partial charge on any atom is 0.220 e. The maximum atomic E-state index is 11.1. The van der Waals surface area contributed by atoms with Gasteiger partial charge in [0.2, 0.25) is 5.91 Å². The summed E-state index contributed by atoms with van der Waals surface area (Å²) < 4.78 is 1.85. The monoisotopic (exact) mass is 197 g/mol. The fourth-order valence-electron chi connectivity index (χ4n) is 1.07. The third-order valence-corrected chi connectivity index (χ3v) is 1.93. The molecule has 1 aromatic rings. The molecule has 78 valence electrons. The van der Waals surface area contributed by atoms with Gasteiger partial charge < -0.3 is 15.0 Å². The van der Waals surface area contributed by atoms with Gasteiger partial charge in [-0.15, -0.1) is 0 Å². The minimum absolute atomic E-state index is 0.0514. The molecule has 1 aromatic heterocycles. The number of hydrogen-bond acceptors (Lipinski definition) is 3. The highest BCUT2D eigenvalue weighted by atomic mass is 16.3. The Bertz CT molecular complexity index is 296. The zero-order valence-electron chi connectivity index (χ0n) is 8.23. The van der Waals surface area contributed by atoms with Crippen molar-refractivity contribution in [1.82, 2.24) is 14.9 Å². The van der Waals surface area contributed by atoms with E-state index in [4.69, 9.17) is 5.11 Å². The Morgan fingerprint density at radius 2 is 2.50 bits per heavy atom. The molecule has 0 aliphatic heterocycles. The van der Waals surface area contributed by atoms with Crippen molar-refractivity contribution in [3.05, 3.63) is 18.2 Å². The van der Waals surface area contributed by atoms with Crippen molar-refractivity contribution in [2.45, 2.75) is 19.4 Å². The van der Waals surface area contributed by atoms with Crippen LogP contribution < -0.4 is 5.32 Å². The Hall–Kier alpha value is -1.36. The van der Waals surface area contributed by atoms with E-state index in [9.17, 15) is 4.79 Å². The molecule has 0 aromatic carbocycles. The summed E-state index contributed by atoms with van der Waals surface area (Å²) in [6.45, 7) is 0.490. The standard InChI is InChI=1S/C9H15N3O2/c1-12-5-4-10-8(12)7-11-9(14)3-2-6-13/h4-5,13H,2-3,6-7H2,1H3,(H,11,14). The topological polar surface area (TPSA) is 67.2 Å². The molecular weight excluding hydrogens is 182 g/mol. The molecule has 0 bridgehead atoms. The van der Waals surface area contributed by atoms with E-state index in [2.05, 4.69) is 10.3 Å². The van der Waals surface area contributed by atoms with Crippen molar-refractivity contribution in [3.63, 3.8) is 0 Å². The number of carbonyl (C=O) groups is 1. The van der Waals surface area contributed by atoms with Crippen LogP contribution >= 0.6 is 0 Å². The molecular formula is C9H15N3O2. The van der Waals surface area contributed by atoms with Gasteiger partial charge in [0, 0.05) is 32.5 Å². The van der Waals surface area contributed by atoms with Crippen LogP contribution in [0.1, 0.15) is 18.7 Å². The smallest absolute Gasteiger partial charge is 0.220 e. The predicted molar refractivity (Wildman–Crippen MR) is 51.4 cm³/mol. The highest BCUT2D eigenvalue weighted by Gasteiger charge is 2.02. The first kappa shape index (κ1) is 10.7. The number of aliphatic hydroxyl groups excluding tert-OH is 1. The molecule has 1 heterocycles. The molecule has 0 aliphatic rings. The molecule has 0 aliphatic carbocycles. The first-order valence-electron chi connectivity index (χ1n) is 4.58. The molecule has 0 fully saturated rings. The number of nitrogens with zero attached hydrogens (tertiary/aromatic N) is 2. The number of imidazole rings is 1. The van der Waals surface area contributed by atoms with E-state index in [1.807, 2.05) is 17.8 Å². The van der Waals surface area contributed by atoms with Gasteiger partial charge in [0.15, 0.2) is 0 Å². The quantitative estimate of drug-likeness (QED) is 0.687. The lowest BCUT2D eigenvalue weighted by Crippen LogP contribution is -2.24. The lowest BCUT2D eigenvalue weighted by Gasteiger charge is -2.04. The summed E-state index contributed by atoms with van der Waals surface area (Å²) >= 11 is 0. The molecule has 5 heteroatoms. The number of carbonyl (C=O) groups excluding carboxylic acids is 1. The number of amides is 1. The average molecular weight is 197 g/mol. The van der Waals surface area contributed by atoms with Gasteiger partial charge in [0.1, 0.15) is 5.82 Å². The lowest BCUT2D eigenvalue weighted by molar-refractivity contribution is -0.121. The third-order valence-electron chi connectivity index (χ3n) is 1.93. The molecule has 2 N–H and O–H groups in total. The van der Waals surface area contributed by atoms with Crippen LogP contribution in [0, 0.1) is 0 Å². The van der Waals surface area contributed by atoms with Gasteiger partial charge in [-0.3, -0.25) is 4.79 Å². The van der Waals surface area contributed by atoms with E-state index in [1.165, 1.54) is 0 Å². The molecule has 5 nitrogen and oxygen atoms in total. The summed E-state index contributed by atoms with van der Waals surface area (Å²) in [5.74, 6) is 0.768. The third kappa shape index (κ3) is 3.18. The minimum atomic E-state index is -0.0537. The molecule has 0 radical (unpaired) electrons. The van der Waals surface area contributed by atoms with Crippen LogP contribution in [0.5, 0.6) is 0 Å². The van der Waals surface area contributed by atoms with E-state index < -0.39 is 0 Å². The number of rotatable bonds is 5. The average Bonchev–Trinajstić information content (AvgIpc) is 2.58. The molecule has 1 rings (SSSR count). The molecule has 0 saturated carbocycles. The van der Waals surface area contributed by atoms with Gasteiger partial charge in [-0.1, -0.05) is 0 Å². The van der Waals surface area contributed by atoms with E-state index in [0.29, 0.717) is 19.4 Å². The van der Waals surface area contributed by atoms with Crippen LogP contribution in [0.15, 0.2) is 12.4 Å². The molecule has 0 unspecified atom stereocenters. The second-order valence-electron chi connectivity index (χ2n) is 3.06. The van der Waals surface area contributed by atoms with Gasteiger partial charge >= 0.3 is 0 Å². The van der Waals surface area contributed by atoms with E-state index >= 15 is 0 Å². The summed E-state index contributed by atoms with van der Waals surface area (Å²) in [4.78, 5) is 15.2. The number of nitrogens with one attached hydrogen (secondary N) is 1. The minimum Gasteiger partial charge on any atom is -0.396 e. The first-order valence-corrected chi connectivity index (χ1v) is 4.58. The number of hydrogen-bond donors (Lipinski definition) is 2. The summed E-state index contributed by atoms with van der Waals surface area (Å²) in [5, 5.41) is 11.2. The van der Waals surface area contributed by atoms with Crippen molar-refractivity contribution in [3.8, 4) is 0 Å². The largest absolute Gasteiger partial charge is 0.396 e. The molecule has 14 heavy (non-hydrogen) atoms. The van der Waals surface area contributed by atoms with Crippen molar-refractivity contribution in [1.29, 1.82) is 0 Å². The van der Waals surface area contributed by atoms with Crippen LogP contribution in [0.2, 0.25) is 0 Å². The zero-order chi connectivity index (χ0) is 10.4. The van der Waals surface area contributed by atoms with E-state index in [0.717, 1.165) is 5.82 Å². The SMILES string of the molecule is Cn1ccnc1CNC(=O)CCCO. The van der Waals surface area contributed by atoms with Crippen molar-refractivity contribution < 1.29 is 9.90 Å². The fraction of sp³-hybridized carbons (Fsp3) is 0.556. The Balaban J connectivity index is 2.27. The van der Waals surface area contributed by atoms with Crippen LogP contribution in [-0.4, -0.2) is 27.2 Å². The van der Waals surface area contributed by atoms with E-state index in [1.54, 1.807) is 6.20 Å². The Kier molecular flexibility index (Phi) is 4.12. The second-order valence-corrected chi connectivity index (χ2v) is 3.06. The Morgan fingerprint density at radius 3 is 3.07 bits per heavy atom. The summed E-state index contributed by atoms with van der Waals surface area (Å²) in [6.07, 6.45) is 4.39. The Labute approximate surface area is 82.8 Å². The van der Waals surface area contributed by atoms with Crippen LogP contribution in [-0.2, 0) is 18.4 Å². The maximum absolute atomic E-state index is 11.1. The summed E-state index contributed by atoms with van der Waals surface area (Å²) in [7, 11) is 1.88. The van der Waals surface area contributed by atoms with Crippen molar-refractivity contribution >= 4 is 5.91 Å². The highest BCUT2D eigenvalue weighted by molar-refractivity contribution is 5.75. The van der Waals surface area contributed by atoms with Crippen molar-refractivity contribution in [2.75, 3.05) is 6.61 Å². The zero-order valence-corrected chi connectivity index (χ0v) is 8.23. The molecule has 0 spiro atoms. The van der Waals surface area contributed by atoms with Crippen LogP contribution in [0.25, 0.3) is 0 Å². The fourth-order valence-corrected chi connectivity index (χ4v) is 1.07. The second kappa shape index (κ2) is 5.39. The molecule has 0 saturated heterocycles. The number of aliphatic hydroxyl groups is 1. The van der Waals surface area contributed by atoms with Crippen LogP contribution in [0.4, 0.5) is 0 Å². The van der Waals surface area contributed by atoms with Gasteiger partial charge in [0.25, 0.3) is 0 Å². The summed E-state index contributed by atoms with van der Waals surface area (Å²) in [6, 6.07) is 0. The lowest BCUT2D eigenvalue weighted by atomic mass is 10.3.